The van der Waals surface area contributed by atoms with Gasteiger partial charge in [-0.2, -0.15) is 8.42 Å². The molecule has 0 aliphatic carbocycles. The topological polar surface area (TPSA) is 133 Å². The van der Waals surface area contributed by atoms with Crippen LogP contribution in [0, 0.1) is 5.41 Å². The van der Waals surface area contributed by atoms with Gasteiger partial charge < -0.3 is 14.2 Å². The second-order valence-corrected chi connectivity index (χ2v) is 8.30. The van der Waals surface area contributed by atoms with E-state index >= 15 is 0 Å². The maximum atomic E-state index is 12.8. The third-order valence-corrected chi connectivity index (χ3v) is 4.79. The summed E-state index contributed by atoms with van der Waals surface area (Å²) in [5, 5.41) is 0. The molecule has 0 atom stereocenters. The number of unbranched alkanes of at least 4 members (excludes halogenated alkanes) is 3. The molecule has 0 aromatic heterocycles. The van der Waals surface area contributed by atoms with Crippen LogP contribution in [-0.4, -0.2) is 56.5 Å². The second-order valence-electron chi connectivity index (χ2n) is 6.73. The number of allylic oxidation sites excluding steroid dienone is 2. The van der Waals surface area contributed by atoms with Crippen LogP contribution in [0.5, 0.6) is 0 Å². The zero-order valence-electron chi connectivity index (χ0n) is 17.8. The molecule has 1 N–H and O–H groups in total. The van der Waals surface area contributed by atoms with Crippen molar-refractivity contribution < 1.29 is 41.6 Å². The van der Waals surface area contributed by atoms with Crippen LogP contribution in [0.1, 0.15) is 52.9 Å². The minimum atomic E-state index is -4.32. The molecule has 0 aromatic rings. The van der Waals surface area contributed by atoms with Crippen LogP contribution in [0.2, 0.25) is 0 Å². The highest BCUT2D eigenvalue weighted by Crippen LogP contribution is 2.29. The van der Waals surface area contributed by atoms with Gasteiger partial charge in [0.05, 0.1) is 0 Å². The van der Waals surface area contributed by atoms with Gasteiger partial charge in [0.2, 0.25) is 0 Å². The Morgan fingerprint density at radius 1 is 0.900 bits per heavy atom. The fourth-order valence-electron chi connectivity index (χ4n) is 2.48. The quantitative estimate of drug-likeness (QED) is 0.132. The average molecular weight is 449 g/mol. The standard InChI is InChI=1S/C20H32O9S/c1-4-7-8-9-12-20(15-28-17(21)10-5-2,16-29-18(22)11-6-3)19(23)27-13-14-30(24,25)26/h5-6,10-11H,4,7-9,12-16H2,1-3H3,(H,24,25,26). The van der Waals surface area contributed by atoms with E-state index in [0.29, 0.717) is 6.42 Å². The molecule has 0 bridgehead atoms. The average Bonchev–Trinajstić information content (AvgIpc) is 2.66. The summed E-state index contributed by atoms with van der Waals surface area (Å²) in [5.74, 6) is -3.01. The largest absolute Gasteiger partial charge is 0.464 e. The lowest BCUT2D eigenvalue weighted by atomic mass is 9.83. The van der Waals surface area contributed by atoms with Crippen molar-refractivity contribution in [2.75, 3.05) is 25.6 Å². The Kier molecular flexibility index (Phi) is 13.7. The molecule has 0 amide bonds. The van der Waals surface area contributed by atoms with Crippen molar-refractivity contribution in [2.45, 2.75) is 52.9 Å². The predicted octanol–water partition coefficient (Wildman–Crippen LogP) is 2.61. The monoisotopic (exact) mass is 448 g/mol. The Morgan fingerprint density at radius 2 is 1.43 bits per heavy atom. The summed E-state index contributed by atoms with van der Waals surface area (Å²) in [5.41, 5.74) is -1.50. The predicted molar refractivity (Wildman–Crippen MR) is 110 cm³/mol. The molecule has 0 unspecified atom stereocenters. The molecule has 30 heavy (non-hydrogen) atoms. The van der Waals surface area contributed by atoms with Gasteiger partial charge in [0, 0.05) is 12.2 Å². The summed E-state index contributed by atoms with van der Waals surface area (Å²) >= 11 is 0. The summed E-state index contributed by atoms with van der Waals surface area (Å²) in [4.78, 5) is 36.4. The van der Waals surface area contributed by atoms with Crippen molar-refractivity contribution in [2.24, 2.45) is 5.41 Å². The van der Waals surface area contributed by atoms with Gasteiger partial charge in [-0.3, -0.25) is 9.35 Å². The van der Waals surface area contributed by atoms with E-state index in [1.54, 1.807) is 13.8 Å². The molecule has 0 radical (unpaired) electrons. The summed E-state index contributed by atoms with van der Waals surface area (Å²) in [6.07, 6.45) is 8.75. The molecule has 0 rings (SSSR count). The first-order valence-corrected chi connectivity index (χ1v) is 11.4. The summed E-state index contributed by atoms with van der Waals surface area (Å²) in [6, 6.07) is 0. The Labute approximate surface area is 178 Å². The highest BCUT2D eigenvalue weighted by Gasteiger charge is 2.42. The highest BCUT2D eigenvalue weighted by atomic mass is 32.2. The number of hydrogen-bond acceptors (Lipinski definition) is 8. The SMILES string of the molecule is CC=CC(=O)OCC(CCCCCC)(COC(=O)C=CC)C(=O)OCCS(=O)(=O)O. The lowest BCUT2D eigenvalue weighted by Crippen LogP contribution is -2.43. The minimum Gasteiger partial charge on any atom is -0.464 e. The molecule has 0 spiro atoms. The number of ether oxygens (including phenoxy) is 3. The van der Waals surface area contributed by atoms with Crippen molar-refractivity contribution in [1.82, 2.24) is 0 Å². The van der Waals surface area contributed by atoms with E-state index in [-0.39, 0.29) is 6.42 Å². The van der Waals surface area contributed by atoms with Gasteiger partial charge in [-0.05, 0) is 20.3 Å². The van der Waals surface area contributed by atoms with Gasteiger partial charge >= 0.3 is 17.9 Å². The normalized spacial score (nSPS) is 13.9. The first-order chi connectivity index (χ1) is 14.1. The fraction of sp³-hybridized carbons (Fsp3) is 0.650. The molecule has 0 aliphatic rings. The Balaban J connectivity index is 5.56. The minimum absolute atomic E-state index is 0.198. The van der Waals surface area contributed by atoms with E-state index < -0.39 is 59.0 Å². The Morgan fingerprint density at radius 3 is 1.87 bits per heavy atom. The van der Waals surface area contributed by atoms with Crippen molar-refractivity contribution in [3.05, 3.63) is 24.3 Å². The molecule has 0 fully saturated rings. The number of rotatable bonds is 15. The van der Waals surface area contributed by atoms with E-state index in [2.05, 4.69) is 0 Å². The van der Waals surface area contributed by atoms with E-state index in [0.717, 1.165) is 19.3 Å². The van der Waals surface area contributed by atoms with E-state index in [1.165, 1.54) is 24.3 Å². The lowest BCUT2D eigenvalue weighted by Gasteiger charge is -2.30. The molecule has 0 heterocycles. The molecule has 9 nitrogen and oxygen atoms in total. The summed E-state index contributed by atoms with van der Waals surface area (Å²) < 4.78 is 46.0. The van der Waals surface area contributed by atoms with Crippen LogP contribution in [0.3, 0.4) is 0 Å². The summed E-state index contributed by atoms with van der Waals surface area (Å²) in [7, 11) is -4.32. The van der Waals surface area contributed by atoms with Gasteiger partial charge in [-0.15, -0.1) is 0 Å². The van der Waals surface area contributed by atoms with E-state index in [9.17, 15) is 22.8 Å². The molecule has 10 heteroatoms. The molecule has 0 aromatic carbocycles. The van der Waals surface area contributed by atoms with Crippen LogP contribution >= 0.6 is 0 Å². The highest BCUT2D eigenvalue weighted by molar-refractivity contribution is 7.85. The van der Waals surface area contributed by atoms with Crippen molar-refractivity contribution in [1.29, 1.82) is 0 Å². The third-order valence-electron chi connectivity index (χ3n) is 4.10. The van der Waals surface area contributed by atoms with E-state index in [1.807, 2.05) is 6.92 Å². The van der Waals surface area contributed by atoms with Crippen molar-refractivity contribution in [3.8, 4) is 0 Å². The Hall–Kier alpha value is -2.20. The summed E-state index contributed by atoms with van der Waals surface area (Å²) in [6.45, 7) is 3.88. The molecule has 0 saturated heterocycles. The van der Waals surface area contributed by atoms with Gasteiger partial charge in [-0.1, -0.05) is 44.8 Å². The maximum absolute atomic E-state index is 12.8. The zero-order valence-corrected chi connectivity index (χ0v) is 18.6. The third kappa shape index (κ3) is 12.4. The molecule has 0 aliphatic heterocycles. The smallest absolute Gasteiger partial charge is 0.330 e. The van der Waals surface area contributed by atoms with Crippen LogP contribution in [0.25, 0.3) is 0 Å². The molecular formula is C20H32O9S. The van der Waals surface area contributed by atoms with Gasteiger partial charge in [-0.25, -0.2) is 9.59 Å². The van der Waals surface area contributed by atoms with Crippen molar-refractivity contribution >= 4 is 28.0 Å². The lowest BCUT2D eigenvalue weighted by molar-refractivity contribution is -0.170. The fourth-order valence-corrected chi connectivity index (χ4v) is 2.77. The molecule has 0 saturated carbocycles. The number of carbonyl (C=O) groups is 3. The van der Waals surface area contributed by atoms with Crippen LogP contribution < -0.4 is 0 Å². The van der Waals surface area contributed by atoms with Crippen LogP contribution in [0.4, 0.5) is 0 Å². The molecule has 172 valence electrons. The maximum Gasteiger partial charge on any atom is 0.330 e. The number of esters is 3. The van der Waals surface area contributed by atoms with Crippen molar-refractivity contribution in [3.63, 3.8) is 0 Å². The van der Waals surface area contributed by atoms with E-state index in [4.69, 9.17) is 18.8 Å². The number of hydrogen-bond donors (Lipinski definition) is 1. The second kappa shape index (κ2) is 14.7. The zero-order chi connectivity index (χ0) is 23.0. The Bertz CT molecular complexity index is 680. The first-order valence-electron chi connectivity index (χ1n) is 9.81. The first kappa shape index (κ1) is 27.8. The van der Waals surface area contributed by atoms with Gasteiger partial charge in [0.15, 0.2) is 0 Å². The van der Waals surface area contributed by atoms with Gasteiger partial charge in [0.25, 0.3) is 10.1 Å². The molecular weight excluding hydrogens is 416 g/mol. The van der Waals surface area contributed by atoms with Crippen LogP contribution in [0.15, 0.2) is 24.3 Å². The number of carbonyl (C=O) groups excluding carboxylic acids is 3. The van der Waals surface area contributed by atoms with Crippen LogP contribution in [-0.2, 0) is 38.7 Å². The van der Waals surface area contributed by atoms with Gasteiger partial charge in [0.1, 0.15) is 31.0 Å².